The second-order valence-electron chi connectivity index (χ2n) is 6.37. The Morgan fingerprint density at radius 3 is 2.57 bits per heavy atom. The van der Waals surface area contributed by atoms with Crippen molar-refractivity contribution in [2.24, 2.45) is 0 Å². The number of fused-ring (bicyclic) bond motifs is 1. The van der Waals surface area contributed by atoms with E-state index in [1.54, 1.807) is 0 Å². The van der Waals surface area contributed by atoms with E-state index >= 15 is 0 Å². The normalized spacial score (nSPS) is 17.0. The third kappa shape index (κ3) is 3.27. The van der Waals surface area contributed by atoms with Crippen LogP contribution < -0.4 is 5.32 Å². The lowest BCUT2D eigenvalue weighted by Crippen LogP contribution is -2.11. The average molecular weight is 280 g/mol. The topological polar surface area (TPSA) is 15.3 Å². The van der Waals surface area contributed by atoms with Crippen LogP contribution in [0.25, 0.3) is 0 Å². The molecule has 110 valence electrons. The van der Waals surface area contributed by atoms with Gasteiger partial charge in [-0.25, -0.2) is 0 Å². The van der Waals surface area contributed by atoms with Crippen LogP contribution in [0.4, 0.5) is 5.69 Å². The van der Waals surface area contributed by atoms with E-state index < -0.39 is 0 Å². The van der Waals surface area contributed by atoms with Crippen LogP contribution in [0.2, 0.25) is 0 Å². The highest BCUT2D eigenvalue weighted by atomic mass is 15.0. The zero-order chi connectivity index (χ0) is 14.8. The molecular weight excluding hydrogens is 256 g/mol. The minimum atomic E-state index is 0.458. The van der Waals surface area contributed by atoms with E-state index in [2.05, 4.69) is 73.7 Å². The van der Waals surface area contributed by atoms with Gasteiger partial charge in [-0.1, -0.05) is 35.9 Å². The monoisotopic (exact) mass is 280 g/mol. The summed E-state index contributed by atoms with van der Waals surface area (Å²) in [6.45, 7) is 3.16. The van der Waals surface area contributed by atoms with Gasteiger partial charge < -0.3 is 10.2 Å². The first-order valence-electron chi connectivity index (χ1n) is 7.71. The molecule has 1 unspecified atom stereocenters. The molecule has 0 saturated carbocycles. The van der Waals surface area contributed by atoms with Crippen LogP contribution in [0.15, 0.2) is 42.5 Å². The fourth-order valence-electron chi connectivity index (χ4n) is 3.14. The molecule has 2 nitrogen and oxygen atoms in total. The SMILES string of the molecule is Cc1ccc2c(c1)C(Nc1ccc(CN(C)C)cc1)CC2. The third-order valence-corrected chi connectivity index (χ3v) is 4.17. The molecule has 21 heavy (non-hydrogen) atoms. The molecule has 2 aromatic rings. The molecule has 2 heteroatoms. The van der Waals surface area contributed by atoms with Gasteiger partial charge >= 0.3 is 0 Å². The molecule has 0 heterocycles. The van der Waals surface area contributed by atoms with Crippen LogP contribution in [0, 0.1) is 6.92 Å². The summed E-state index contributed by atoms with van der Waals surface area (Å²) >= 11 is 0. The Hall–Kier alpha value is -1.80. The van der Waals surface area contributed by atoms with Crippen LogP contribution in [0.5, 0.6) is 0 Å². The van der Waals surface area contributed by atoms with E-state index in [1.165, 1.54) is 40.8 Å². The maximum atomic E-state index is 3.69. The summed E-state index contributed by atoms with van der Waals surface area (Å²) in [4.78, 5) is 2.19. The van der Waals surface area contributed by atoms with Gasteiger partial charge in [0, 0.05) is 12.2 Å². The molecule has 0 saturated heterocycles. The highest BCUT2D eigenvalue weighted by Gasteiger charge is 2.22. The van der Waals surface area contributed by atoms with Gasteiger partial charge in [0.25, 0.3) is 0 Å². The Bertz CT molecular complexity index is 614. The van der Waals surface area contributed by atoms with E-state index in [0.717, 1.165) is 6.54 Å². The van der Waals surface area contributed by atoms with Crippen molar-refractivity contribution in [2.75, 3.05) is 19.4 Å². The standard InChI is InChI=1S/C19H24N2/c1-14-4-7-16-8-11-19(18(16)12-14)20-17-9-5-15(6-10-17)13-21(2)3/h4-7,9-10,12,19-20H,8,11,13H2,1-3H3. The number of anilines is 1. The summed E-state index contributed by atoms with van der Waals surface area (Å²) in [5.74, 6) is 0. The third-order valence-electron chi connectivity index (χ3n) is 4.17. The summed E-state index contributed by atoms with van der Waals surface area (Å²) in [7, 11) is 4.20. The fourth-order valence-corrected chi connectivity index (χ4v) is 3.14. The number of nitrogens with zero attached hydrogens (tertiary/aromatic N) is 1. The highest BCUT2D eigenvalue weighted by molar-refractivity contribution is 5.49. The van der Waals surface area contributed by atoms with Crippen molar-refractivity contribution in [3.05, 3.63) is 64.7 Å². The molecule has 1 atom stereocenters. The van der Waals surface area contributed by atoms with Crippen molar-refractivity contribution >= 4 is 5.69 Å². The van der Waals surface area contributed by atoms with Crippen LogP contribution in [0.3, 0.4) is 0 Å². The molecule has 0 spiro atoms. The van der Waals surface area contributed by atoms with E-state index in [1.807, 2.05) is 0 Å². The largest absolute Gasteiger partial charge is 0.378 e. The smallest absolute Gasteiger partial charge is 0.0519 e. The first kappa shape index (κ1) is 14.2. The Morgan fingerprint density at radius 1 is 1.10 bits per heavy atom. The highest BCUT2D eigenvalue weighted by Crippen LogP contribution is 2.34. The Kier molecular flexibility index (Phi) is 3.98. The van der Waals surface area contributed by atoms with Gasteiger partial charge in [-0.2, -0.15) is 0 Å². The maximum absolute atomic E-state index is 3.69. The quantitative estimate of drug-likeness (QED) is 0.905. The summed E-state index contributed by atoms with van der Waals surface area (Å²) < 4.78 is 0. The van der Waals surface area contributed by atoms with Crippen molar-refractivity contribution in [1.29, 1.82) is 0 Å². The first-order chi connectivity index (χ1) is 10.1. The van der Waals surface area contributed by atoms with Crippen LogP contribution in [0.1, 0.15) is 34.7 Å². The molecule has 3 rings (SSSR count). The second kappa shape index (κ2) is 5.90. The molecule has 0 fully saturated rings. The Balaban J connectivity index is 1.72. The average Bonchev–Trinajstić information content (AvgIpc) is 2.83. The molecule has 0 bridgehead atoms. The van der Waals surface area contributed by atoms with Gasteiger partial charge in [0.1, 0.15) is 0 Å². The number of hydrogen-bond acceptors (Lipinski definition) is 2. The molecule has 2 aromatic carbocycles. The van der Waals surface area contributed by atoms with Gasteiger partial charge in [0.05, 0.1) is 6.04 Å². The molecule has 1 aliphatic carbocycles. The maximum Gasteiger partial charge on any atom is 0.0519 e. The number of benzene rings is 2. The molecule has 1 aliphatic rings. The van der Waals surface area contributed by atoms with Gasteiger partial charge in [-0.15, -0.1) is 0 Å². The summed E-state index contributed by atoms with van der Waals surface area (Å²) in [6.07, 6.45) is 2.38. The first-order valence-corrected chi connectivity index (χ1v) is 7.71. The zero-order valence-corrected chi connectivity index (χ0v) is 13.2. The molecular formula is C19H24N2. The second-order valence-corrected chi connectivity index (χ2v) is 6.37. The van der Waals surface area contributed by atoms with Gasteiger partial charge in [-0.3, -0.25) is 0 Å². The van der Waals surface area contributed by atoms with Gasteiger partial charge in [0.15, 0.2) is 0 Å². The number of nitrogens with one attached hydrogen (secondary N) is 1. The number of aryl methyl sites for hydroxylation is 2. The van der Waals surface area contributed by atoms with Crippen molar-refractivity contribution < 1.29 is 0 Å². The van der Waals surface area contributed by atoms with E-state index in [4.69, 9.17) is 0 Å². The minimum absolute atomic E-state index is 0.458. The molecule has 0 aliphatic heterocycles. The van der Waals surface area contributed by atoms with Crippen molar-refractivity contribution in [3.8, 4) is 0 Å². The van der Waals surface area contributed by atoms with Crippen molar-refractivity contribution in [1.82, 2.24) is 4.90 Å². The van der Waals surface area contributed by atoms with Crippen molar-refractivity contribution in [2.45, 2.75) is 32.4 Å². The predicted octanol–water partition coefficient (Wildman–Crippen LogP) is 4.16. The summed E-state index contributed by atoms with van der Waals surface area (Å²) in [5.41, 5.74) is 6.91. The Labute approximate surface area is 127 Å². The predicted molar refractivity (Wildman–Crippen MR) is 89.7 cm³/mol. The molecule has 0 radical (unpaired) electrons. The zero-order valence-electron chi connectivity index (χ0n) is 13.2. The molecule has 0 amide bonds. The lowest BCUT2D eigenvalue weighted by atomic mass is 10.0. The fraction of sp³-hybridized carbons (Fsp3) is 0.368. The van der Waals surface area contributed by atoms with E-state index in [9.17, 15) is 0 Å². The molecule has 0 aromatic heterocycles. The lowest BCUT2D eigenvalue weighted by Gasteiger charge is -2.17. The Morgan fingerprint density at radius 2 is 1.86 bits per heavy atom. The van der Waals surface area contributed by atoms with Gasteiger partial charge in [-0.05, 0) is 62.7 Å². The minimum Gasteiger partial charge on any atom is -0.378 e. The van der Waals surface area contributed by atoms with Crippen LogP contribution >= 0.6 is 0 Å². The number of hydrogen-bond donors (Lipinski definition) is 1. The van der Waals surface area contributed by atoms with E-state index in [-0.39, 0.29) is 0 Å². The van der Waals surface area contributed by atoms with Crippen LogP contribution in [-0.2, 0) is 13.0 Å². The van der Waals surface area contributed by atoms with Crippen LogP contribution in [-0.4, -0.2) is 19.0 Å². The van der Waals surface area contributed by atoms with E-state index in [0.29, 0.717) is 6.04 Å². The summed E-state index contributed by atoms with van der Waals surface area (Å²) in [6, 6.07) is 16.1. The molecule has 1 N–H and O–H groups in total. The number of rotatable bonds is 4. The van der Waals surface area contributed by atoms with Gasteiger partial charge in [0.2, 0.25) is 0 Å². The lowest BCUT2D eigenvalue weighted by molar-refractivity contribution is 0.402. The van der Waals surface area contributed by atoms with Crippen molar-refractivity contribution in [3.63, 3.8) is 0 Å². The summed E-state index contributed by atoms with van der Waals surface area (Å²) in [5, 5.41) is 3.69.